The molecule has 3 nitrogen and oxygen atoms in total. The van der Waals surface area contributed by atoms with Crippen molar-refractivity contribution in [1.29, 1.82) is 0 Å². The van der Waals surface area contributed by atoms with E-state index in [1.807, 2.05) is 6.07 Å². The highest BCUT2D eigenvalue weighted by Crippen LogP contribution is 2.59. The van der Waals surface area contributed by atoms with Gasteiger partial charge in [0.2, 0.25) is 5.91 Å². The number of nitrogens with zero attached hydrogens (tertiary/aromatic N) is 1. The van der Waals surface area contributed by atoms with Crippen molar-refractivity contribution in [2.45, 2.75) is 46.6 Å². The molecule has 22 heavy (non-hydrogen) atoms. The summed E-state index contributed by atoms with van der Waals surface area (Å²) < 4.78 is 0. The zero-order valence-corrected chi connectivity index (χ0v) is 14.8. The normalized spacial score (nSPS) is 24.4. The van der Waals surface area contributed by atoms with E-state index in [0.29, 0.717) is 17.4 Å². The Hall–Kier alpha value is -0.870. The Kier molecular flexibility index (Phi) is 4.34. The maximum Gasteiger partial charge on any atom is 0.223 e. The molecule has 1 aliphatic carbocycles. The van der Waals surface area contributed by atoms with Crippen LogP contribution in [0.3, 0.4) is 0 Å². The van der Waals surface area contributed by atoms with Gasteiger partial charge in [0, 0.05) is 17.3 Å². The molecule has 1 amide bonds. The van der Waals surface area contributed by atoms with Crippen molar-refractivity contribution in [2.24, 2.45) is 16.7 Å². The molecule has 1 atom stereocenters. The third-order valence-corrected chi connectivity index (χ3v) is 5.95. The van der Waals surface area contributed by atoms with Crippen LogP contribution in [0.4, 0.5) is 0 Å². The predicted octanol–water partition coefficient (Wildman–Crippen LogP) is 3.51. The van der Waals surface area contributed by atoms with E-state index < -0.39 is 0 Å². The van der Waals surface area contributed by atoms with Crippen LogP contribution < -0.4 is 5.32 Å². The number of carbonyl (C=O) groups excluding carboxylic acids is 1. The largest absolute Gasteiger partial charge is 0.351 e. The Morgan fingerprint density at radius 1 is 1.41 bits per heavy atom. The molecule has 1 spiro atoms. The van der Waals surface area contributed by atoms with E-state index >= 15 is 0 Å². The first-order valence-corrected chi connectivity index (χ1v) is 9.28. The summed E-state index contributed by atoms with van der Waals surface area (Å²) in [5.74, 6) is 0.543. The number of hydrogen-bond donors (Lipinski definition) is 1. The number of carbonyl (C=O) groups is 1. The summed E-state index contributed by atoms with van der Waals surface area (Å²) in [6.07, 6.45) is 3.49. The third-order valence-electron chi connectivity index (χ3n) is 5.07. The average molecular weight is 321 g/mol. The molecule has 122 valence electrons. The lowest BCUT2D eigenvalue weighted by molar-refractivity contribution is -0.123. The average Bonchev–Trinajstić information content (AvgIpc) is 2.90. The molecule has 0 radical (unpaired) electrons. The lowest BCUT2D eigenvalue weighted by Crippen LogP contribution is -2.41. The summed E-state index contributed by atoms with van der Waals surface area (Å²) in [6, 6.07) is 4.12. The van der Waals surface area contributed by atoms with Gasteiger partial charge in [-0.05, 0) is 54.6 Å². The fourth-order valence-electron chi connectivity index (χ4n) is 3.81. The molecule has 1 aliphatic heterocycles. The van der Waals surface area contributed by atoms with Gasteiger partial charge in [0.15, 0.2) is 0 Å². The quantitative estimate of drug-likeness (QED) is 0.921. The lowest BCUT2D eigenvalue weighted by atomic mass is 9.88. The molecule has 1 saturated heterocycles. The number of amides is 1. The van der Waals surface area contributed by atoms with E-state index in [1.54, 1.807) is 11.3 Å². The molecule has 4 heteroatoms. The summed E-state index contributed by atoms with van der Waals surface area (Å²) >= 11 is 1.71. The number of rotatable bonds is 4. The van der Waals surface area contributed by atoms with Crippen LogP contribution in [0, 0.1) is 16.7 Å². The van der Waals surface area contributed by atoms with Crippen molar-refractivity contribution in [3.8, 4) is 0 Å². The highest BCUT2D eigenvalue weighted by atomic mass is 32.1. The molecule has 2 heterocycles. The zero-order valence-electron chi connectivity index (χ0n) is 14.0. The number of nitrogens with one attached hydrogen (secondary N) is 1. The second kappa shape index (κ2) is 5.97. The molecule has 0 bridgehead atoms. The van der Waals surface area contributed by atoms with Crippen LogP contribution in [0.5, 0.6) is 0 Å². The molecule has 1 N–H and O–H groups in total. The molecule has 1 saturated carbocycles. The predicted molar refractivity (Wildman–Crippen MR) is 91.8 cm³/mol. The Labute approximate surface area is 138 Å². The molecular weight excluding hydrogens is 292 g/mol. The van der Waals surface area contributed by atoms with Gasteiger partial charge >= 0.3 is 0 Å². The van der Waals surface area contributed by atoms with E-state index in [9.17, 15) is 4.79 Å². The van der Waals surface area contributed by atoms with Crippen molar-refractivity contribution in [3.63, 3.8) is 0 Å². The summed E-state index contributed by atoms with van der Waals surface area (Å²) in [4.78, 5) is 16.2. The standard InChI is InChI=1S/C18H28N2OS/c1-17(2,3)13-20-8-6-18(7-9-20)11-15(18)16(21)19-12-14-5-4-10-22-14/h4-5,10,15H,6-9,11-13H2,1-3H3,(H,19,21). The minimum absolute atomic E-state index is 0.268. The Balaban J connectivity index is 1.44. The van der Waals surface area contributed by atoms with E-state index in [1.165, 1.54) is 24.3 Å². The monoisotopic (exact) mass is 320 g/mol. The molecule has 0 aromatic carbocycles. The second-order valence-electron chi connectivity index (χ2n) is 8.25. The number of thiophene rings is 1. The first kappa shape index (κ1) is 16.0. The topological polar surface area (TPSA) is 32.3 Å². The van der Waals surface area contributed by atoms with Crippen LogP contribution in [0.25, 0.3) is 0 Å². The van der Waals surface area contributed by atoms with Crippen LogP contribution >= 0.6 is 11.3 Å². The Bertz CT molecular complexity index is 510. The summed E-state index contributed by atoms with van der Waals surface area (Å²) in [6.45, 7) is 11.1. The first-order valence-electron chi connectivity index (χ1n) is 8.40. The van der Waals surface area contributed by atoms with Gasteiger partial charge in [0.1, 0.15) is 0 Å². The summed E-state index contributed by atoms with van der Waals surface area (Å²) in [5.41, 5.74) is 0.694. The number of hydrogen-bond acceptors (Lipinski definition) is 3. The SMILES string of the molecule is CC(C)(C)CN1CCC2(CC1)CC2C(=O)NCc1cccs1. The highest BCUT2D eigenvalue weighted by Gasteiger charge is 2.58. The van der Waals surface area contributed by atoms with Gasteiger partial charge in [-0.2, -0.15) is 0 Å². The second-order valence-corrected chi connectivity index (χ2v) is 9.29. The van der Waals surface area contributed by atoms with Crippen molar-refractivity contribution < 1.29 is 4.79 Å². The van der Waals surface area contributed by atoms with E-state index in [2.05, 4.69) is 42.4 Å². The van der Waals surface area contributed by atoms with Gasteiger partial charge in [0.05, 0.1) is 6.54 Å². The van der Waals surface area contributed by atoms with Crippen molar-refractivity contribution in [1.82, 2.24) is 10.2 Å². The molecule has 2 aliphatic rings. The number of likely N-dealkylation sites (tertiary alicyclic amines) is 1. The van der Waals surface area contributed by atoms with Crippen LogP contribution in [0.2, 0.25) is 0 Å². The van der Waals surface area contributed by atoms with Crippen LogP contribution in [0.15, 0.2) is 17.5 Å². The third kappa shape index (κ3) is 3.72. The van der Waals surface area contributed by atoms with Crippen molar-refractivity contribution >= 4 is 17.2 Å². The summed E-state index contributed by atoms with van der Waals surface area (Å²) in [7, 11) is 0. The Morgan fingerprint density at radius 3 is 2.73 bits per heavy atom. The molecule has 1 aromatic rings. The van der Waals surface area contributed by atoms with E-state index in [4.69, 9.17) is 0 Å². The van der Waals surface area contributed by atoms with Gasteiger partial charge in [-0.1, -0.05) is 26.8 Å². The van der Waals surface area contributed by atoms with Crippen LogP contribution in [-0.4, -0.2) is 30.4 Å². The maximum atomic E-state index is 12.4. The van der Waals surface area contributed by atoms with Crippen LogP contribution in [-0.2, 0) is 11.3 Å². The van der Waals surface area contributed by atoms with Crippen molar-refractivity contribution in [2.75, 3.05) is 19.6 Å². The van der Waals surface area contributed by atoms with Gasteiger partial charge < -0.3 is 10.2 Å². The summed E-state index contributed by atoms with van der Waals surface area (Å²) in [5, 5.41) is 5.19. The van der Waals surface area contributed by atoms with Gasteiger partial charge in [-0.15, -0.1) is 11.3 Å². The molecule has 1 unspecified atom stereocenters. The first-order chi connectivity index (χ1) is 10.4. The van der Waals surface area contributed by atoms with E-state index in [0.717, 1.165) is 19.5 Å². The molecule has 1 aromatic heterocycles. The Morgan fingerprint density at radius 2 is 2.14 bits per heavy atom. The smallest absolute Gasteiger partial charge is 0.223 e. The van der Waals surface area contributed by atoms with Gasteiger partial charge in [-0.3, -0.25) is 4.79 Å². The number of piperidine rings is 1. The molecular formula is C18H28N2OS. The van der Waals surface area contributed by atoms with Crippen LogP contribution in [0.1, 0.15) is 44.9 Å². The highest BCUT2D eigenvalue weighted by molar-refractivity contribution is 7.09. The minimum atomic E-state index is 0.268. The fourth-order valence-corrected chi connectivity index (χ4v) is 4.45. The fraction of sp³-hybridized carbons (Fsp3) is 0.722. The van der Waals surface area contributed by atoms with Gasteiger partial charge in [0.25, 0.3) is 0 Å². The van der Waals surface area contributed by atoms with E-state index in [-0.39, 0.29) is 11.8 Å². The lowest BCUT2D eigenvalue weighted by Gasteiger charge is -2.36. The zero-order chi connectivity index (χ0) is 15.8. The van der Waals surface area contributed by atoms with Crippen molar-refractivity contribution in [3.05, 3.63) is 22.4 Å². The molecule has 2 fully saturated rings. The maximum absolute atomic E-state index is 12.4. The molecule has 3 rings (SSSR count). The van der Waals surface area contributed by atoms with Gasteiger partial charge in [-0.25, -0.2) is 0 Å². The minimum Gasteiger partial charge on any atom is -0.351 e.